The molecule has 0 spiro atoms. The SMILES string of the molecule is CC(=O)CCCCCCCCCCCCCCCCCCC(=O)ON1C(=O)CCC1=O. The van der Waals surface area contributed by atoms with Crippen molar-refractivity contribution in [3.8, 4) is 0 Å². The van der Waals surface area contributed by atoms with Crippen molar-refractivity contribution in [2.75, 3.05) is 0 Å². The molecule has 1 rings (SSSR count). The van der Waals surface area contributed by atoms with E-state index in [0.717, 1.165) is 32.1 Å². The second-order valence-electron chi connectivity index (χ2n) is 8.90. The van der Waals surface area contributed by atoms with Gasteiger partial charge in [0.1, 0.15) is 5.78 Å². The summed E-state index contributed by atoms with van der Waals surface area (Å²) in [5, 5.41) is 0.626. The van der Waals surface area contributed by atoms with Crippen molar-refractivity contribution >= 4 is 23.6 Å². The highest BCUT2D eigenvalue weighted by atomic mass is 16.7. The highest BCUT2D eigenvalue weighted by Gasteiger charge is 2.32. The topological polar surface area (TPSA) is 80.8 Å². The Morgan fingerprint density at radius 1 is 0.613 bits per heavy atom. The number of carbonyl (C=O) groups excluding carboxylic acids is 4. The zero-order valence-corrected chi connectivity index (χ0v) is 19.6. The average molecular weight is 438 g/mol. The van der Waals surface area contributed by atoms with Crippen LogP contribution in [0.1, 0.15) is 135 Å². The number of amides is 2. The first-order valence-corrected chi connectivity index (χ1v) is 12.6. The maximum atomic E-state index is 11.7. The molecule has 6 heteroatoms. The number of nitrogens with zero attached hydrogens (tertiary/aromatic N) is 1. The van der Waals surface area contributed by atoms with E-state index in [0.29, 0.717) is 10.8 Å². The van der Waals surface area contributed by atoms with Crippen LogP contribution in [0.3, 0.4) is 0 Å². The van der Waals surface area contributed by atoms with Crippen LogP contribution < -0.4 is 0 Å². The Morgan fingerprint density at radius 2 is 0.935 bits per heavy atom. The lowest BCUT2D eigenvalue weighted by Gasteiger charge is -2.12. The predicted molar refractivity (Wildman–Crippen MR) is 121 cm³/mol. The summed E-state index contributed by atoms with van der Waals surface area (Å²) in [6, 6.07) is 0. The molecule has 0 aromatic heterocycles. The van der Waals surface area contributed by atoms with Crippen LogP contribution in [-0.4, -0.2) is 28.6 Å². The first-order chi connectivity index (χ1) is 15.0. The van der Waals surface area contributed by atoms with E-state index < -0.39 is 17.8 Å². The van der Waals surface area contributed by atoms with Gasteiger partial charge in [0.2, 0.25) is 0 Å². The molecule has 0 saturated carbocycles. The van der Waals surface area contributed by atoms with Gasteiger partial charge in [-0.25, -0.2) is 4.79 Å². The lowest BCUT2D eigenvalue weighted by Crippen LogP contribution is -2.31. The number of hydroxylamine groups is 2. The Morgan fingerprint density at radius 3 is 1.29 bits per heavy atom. The molecule has 0 bridgehead atoms. The molecule has 1 aliphatic rings. The standard InChI is InChI=1S/C25H43NO5/c1-22(27)18-16-14-12-10-8-6-4-2-3-5-7-9-11-13-15-17-19-25(30)31-26-23(28)20-21-24(26)29/h2-21H2,1H3. The maximum absolute atomic E-state index is 11.7. The van der Waals surface area contributed by atoms with Crippen LogP contribution in [0.5, 0.6) is 0 Å². The van der Waals surface area contributed by atoms with Crippen LogP contribution in [0, 0.1) is 0 Å². The first kappa shape index (κ1) is 27.3. The van der Waals surface area contributed by atoms with Crippen LogP contribution in [0.25, 0.3) is 0 Å². The minimum Gasteiger partial charge on any atom is -0.330 e. The van der Waals surface area contributed by atoms with Gasteiger partial charge in [-0.1, -0.05) is 89.9 Å². The molecule has 6 nitrogen and oxygen atoms in total. The summed E-state index contributed by atoms with van der Waals surface area (Å²) in [6.07, 6.45) is 20.7. The lowest BCUT2D eigenvalue weighted by molar-refractivity contribution is -0.197. The minimum atomic E-state index is -0.489. The largest absolute Gasteiger partial charge is 0.333 e. The zero-order chi connectivity index (χ0) is 22.7. The fourth-order valence-corrected chi connectivity index (χ4v) is 3.92. The summed E-state index contributed by atoms with van der Waals surface area (Å²) in [5.74, 6) is -1.02. The van der Waals surface area contributed by atoms with E-state index in [9.17, 15) is 19.2 Å². The highest BCUT2D eigenvalue weighted by molar-refractivity contribution is 6.01. The van der Waals surface area contributed by atoms with Gasteiger partial charge in [0, 0.05) is 25.7 Å². The molecule has 1 fully saturated rings. The summed E-state index contributed by atoms with van der Waals surface area (Å²) in [7, 11) is 0. The molecule has 0 atom stereocenters. The summed E-state index contributed by atoms with van der Waals surface area (Å²) in [6.45, 7) is 1.67. The molecular formula is C25H43NO5. The molecule has 1 aliphatic heterocycles. The van der Waals surface area contributed by atoms with E-state index in [2.05, 4.69) is 0 Å². The minimum absolute atomic E-state index is 0.135. The van der Waals surface area contributed by atoms with E-state index in [1.165, 1.54) is 77.0 Å². The Labute approximate surface area is 188 Å². The second kappa shape index (κ2) is 17.9. The number of carbonyl (C=O) groups is 4. The molecule has 0 N–H and O–H groups in total. The van der Waals surface area contributed by atoms with Crippen LogP contribution >= 0.6 is 0 Å². The first-order valence-electron chi connectivity index (χ1n) is 12.6. The van der Waals surface area contributed by atoms with Gasteiger partial charge in [0.15, 0.2) is 0 Å². The number of ketones is 1. The normalized spacial score (nSPS) is 13.8. The summed E-state index contributed by atoms with van der Waals surface area (Å²) < 4.78 is 0. The number of imide groups is 1. The zero-order valence-electron chi connectivity index (χ0n) is 19.6. The molecule has 0 radical (unpaired) electrons. The lowest BCUT2D eigenvalue weighted by atomic mass is 10.0. The third-order valence-corrected chi connectivity index (χ3v) is 5.86. The Kier molecular flexibility index (Phi) is 15.8. The fourth-order valence-electron chi connectivity index (χ4n) is 3.92. The number of hydrogen-bond acceptors (Lipinski definition) is 5. The van der Waals surface area contributed by atoms with Gasteiger partial charge in [0.25, 0.3) is 11.8 Å². The predicted octanol–water partition coefficient (Wildman–Crippen LogP) is 6.20. The molecule has 2 amide bonds. The van der Waals surface area contributed by atoms with Crippen LogP contribution in [0.15, 0.2) is 0 Å². The molecule has 31 heavy (non-hydrogen) atoms. The Balaban J connectivity index is 1.76. The molecule has 0 aromatic carbocycles. The highest BCUT2D eigenvalue weighted by Crippen LogP contribution is 2.16. The molecular weight excluding hydrogens is 394 g/mol. The van der Waals surface area contributed by atoms with Gasteiger partial charge in [-0.05, 0) is 19.8 Å². The van der Waals surface area contributed by atoms with Crippen LogP contribution in [0.4, 0.5) is 0 Å². The van der Waals surface area contributed by atoms with Crippen molar-refractivity contribution in [2.24, 2.45) is 0 Å². The van der Waals surface area contributed by atoms with E-state index in [1.54, 1.807) is 6.92 Å². The number of hydrogen-bond donors (Lipinski definition) is 0. The smallest absolute Gasteiger partial charge is 0.330 e. The van der Waals surface area contributed by atoms with Crippen LogP contribution in [0.2, 0.25) is 0 Å². The monoisotopic (exact) mass is 437 g/mol. The summed E-state index contributed by atoms with van der Waals surface area (Å²) >= 11 is 0. The average Bonchev–Trinajstić information content (AvgIpc) is 3.04. The Hall–Kier alpha value is -1.72. The molecule has 1 heterocycles. The van der Waals surface area contributed by atoms with Gasteiger partial charge in [-0.3, -0.25) is 9.59 Å². The van der Waals surface area contributed by atoms with Crippen LogP contribution in [-0.2, 0) is 24.0 Å². The fraction of sp³-hybridized carbons (Fsp3) is 0.840. The molecule has 0 aliphatic carbocycles. The van der Waals surface area contributed by atoms with Crippen molar-refractivity contribution in [1.82, 2.24) is 5.06 Å². The van der Waals surface area contributed by atoms with Gasteiger partial charge >= 0.3 is 5.97 Å². The van der Waals surface area contributed by atoms with Crippen molar-refractivity contribution in [3.05, 3.63) is 0 Å². The van der Waals surface area contributed by atoms with Crippen molar-refractivity contribution in [3.63, 3.8) is 0 Å². The second-order valence-corrected chi connectivity index (χ2v) is 8.90. The van der Waals surface area contributed by atoms with Crippen molar-refractivity contribution < 1.29 is 24.0 Å². The van der Waals surface area contributed by atoms with Gasteiger partial charge in [-0.2, -0.15) is 0 Å². The van der Waals surface area contributed by atoms with Crippen molar-refractivity contribution in [2.45, 2.75) is 135 Å². The number of rotatable bonds is 20. The number of unbranched alkanes of at least 4 members (excludes halogenated alkanes) is 15. The van der Waals surface area contributed by atoms with E-state index in [-0.39, 0.29) is 19.3 Å². The van der Waals surface area contributed by atoms with Gasteiger partial charge in [0.05, 0.1) is 0 Å². The third-order valence-electron chi connectivity index (χ3n) is 5.86. The quantitative estimate of drug-likeness (QED) is 0.167. The van der Waals surface area contributed by atoms with E-state index >= 15 is 0 Å². The third kappa shape index (κ3) is 14.8. The molecule has 178 valence electrons. The molecule has 1 saturated heterocycles. The van der Waals surface area contributed by atoms with Crippen molar-refractivity contribution in [1.29, 1.82) is 0 Å². The number of Topliss-reactive ketones (excluding diaryl/α,β-unsaturated/α-hetero) is 1. The summed E-state index contributed by atoms with van der Waals surface area (Å²) in [5.41, 5.74) is 0. The Bertz CT molecular complexity index is 530. The molecule has 0 unspecified atom stereocenters. The molecule has 0 aromatic rings. The van der Waals surface area contributed by atoms with Gasteiger partial charge in [-0.15, -0.1) is 5.06 Å². The summed E-state index contributed by atoms with van der Waals surface area (Å²) in [4.78, 5) is 50.2. The van der Waals surface area contributed by atoms with E-state index in [1.807, 2.05) is 0 Å². The maximum Gasteiger partial charge on any atom is 0.333 e. The van der Waals surface area contributed by atoms with Gasteiger partial charge < -0.3 is 9.63 Å². The van der Waals surface area contributed by atoms with E-state index in [4.69, 9.17) is 4.84 Å².